The summed E-state index contributed by atoms with van der Waals surface area (Å²) in [4.78, 5) is 19.7. The molecule has 2 fully saturated rings. The molecule has 1 aliphatic carbocycles. The Bertz CT molecular complexity index is 777. The average molecular weight is 365 g/mol. The minimum Gasteiger partial charge on any atom is -0.339 e. The molecular formula is C18H25ClN4O2. The summed E-state index contributed by atoms with van der Waals surface area (Å²) in [5.74, 6) is 0.700. The van der Waals surface area contributed by atoms with Gasteiger partial charge in [0.15, 0.2) is 0 Å². The number of carbonyl (C=O) groups is 1. The van der Waals surface area contributed by atoms with Crippen LogP contribution in [0.2, 0.25) is 0 Å². The highest BCUT2D eigenvalue weighted by molar-refractivity contribution is 6.06. The van der Waals surface area contributed by atoms with Crippen LogP contribution in [0.25, 0.3) is 11.1 Å². The van der Waals surface area contributed by atoms with E-state index in [1.54, 1.807) is 0 Å². The molecule has 136 valence electrons. The molecule has 0 spiro atoms. The molecule has 1 aliphatic heterocycles. The van der Waals surface area contributed by atoms with Crippen LogP contribution in [0.15, 0.2) is 10.6 Å². The van der Waals surface area contributed by atoms with Gasteiger partial charge in [-0.25, -0.2) is 4.98 Å². The van der Waals surface area contributed by atoms with Gasteiger partial charge in [0.1, 0.15) is 0 Å². The minimum atomic E-state index is 0. The molecule has 2 aromatic heterocycles. The number of carbonyl (C=O) groups excluding carboxylic acids is 1. The molecule has 0 atom stereocenters. The Morgan fingerprint density at radius 1 is 1.28 bits per heavy atom. The number of piperidine rings is 1. The van der Waals surface area contributed by atoms with Crippen molar-refractivity contribution in [1.82, 2.24) is 15.0 Å². The first kappa shape index (κ1) is 18.1. The van der Waals surface area contributed by atoms with Crippen molar-refractivity contribution < 1.29 is 9.32 Å². The number of nitrogens with two attached hydrogens (primary N) is 1. The van der Waals surface area contributed by atoms with Gasteiger partial charge in [-0.1, -0.05) is 19.0 Å². The molecule has 0 aromatic carbocycles. The van der Waals surface area contributed by atoms with E-state index < -0.39 is 0 Å². The number of pyridine rings is 1. The zero-order chi connectivity index (χ0) is 16.8. The number of halogens is 1. The largest absolute Gasteiger partial charge is 0.339 e. The van der Waals surface area contributed by atoms with Crippen LogP contribution in [0.4, 0.5) is 0 Å². The van der Waals surface area contributed by atoms with E-state index in [1.807, 2.05) is 11.0 Å². The fraction of sp³-hybridized carbons (Fsp3) is 0.611. The van der Waals surface area contributed by atoms with Crippen molar-refractivity contribution in [3.63, 3.8) is 0 Å². The number of likely N-dealkylation sites (tertiary alicyclic amines) is 1. The SMILES string of the molecule is CC(C)c1noc2nc(C3CC3)cc(C(=O)N3CCC(N)CC3)c12.Cl. The Hall–Kier alpha value is -1.66. The first-order chi connectivity index (χ1) is 11.5. The molecule has 4 rings (SSSR count). The summed E-state index contributed by atoms with van der Waals surface area (Å²) >= 11 is 0. The minimum absolute atomic E-state index is 0. The highest BCUT2D eigenvalue weighted by Gasteiger charge is 2.31. The van der Waals surface area contributed by atoms with Crippen LogP contribution < -0.4 is 5.73 Å². The number of hydrogen-bond donors (Lipinski definition) is 1. The zero-order valence-corrected chi connectivity index (χ0v) is 15.5. The molecule has 3 heterocycles. The zero-order valence-electron chi connectivity index (χ0n) is 14.7. The van der Waals surface area contributed by atoms with Gasteiger partial charge in [0, 0.05) is 30.7 Å². The van der Waals surface area contributed by atoms with E-state index in [-0.39, 0.29) is 30.3 Å². The van der Waals surface area contributed by atoms with E-state index in [0.29, 0.717) is 30.3 Å². The average Bonchev–Trinajstić information content (AvgIpc) is 3.33. The Balaban J connectivity index is 0.00000182. The molecular weight excluding hydrogens is 340 g/mol. The highest BCUT2D eigenvalue weighted by atomic mass is 35.5. The number of hydrogen-bond acceptors (Lipinski definition) is 5. The number of amides is 1. The first-order valence-corrected chi connectivity index (χ1v) is 8.89. The van der Waals surface area contributed by atoms with Gasteiger partial charge in [0.25, 0.3) is 11.6 Å². The van der Waals surface area contributed by atoms with E-state index in [1.165, 1.54) is 0 Å². The molecule has 0 radical (unpaired) electrons. The maximum absolute atomic E-state index is 13.2. The Morgan fingerprint density at radius 2 is 1.96 bits per heavy atom. The lowest BCUT2D eigenvalue weighted by molar-refractivity contribution is 0.0716. The molecule has 1 saturated heterocycles. The lowest BCUT2D eigenvalue weighted by Crippen LogP contribution is -2.43. The molecule has 2 aliphatic rings. The first-order valence-electron chi connectivity index (χ1n) is 8.89. The molecule has 1 saturated carbocycles. The van der Waals surface area contributed by atoms with Crippen LogP contribution in [-0.4, -0.2) is 40.1 Å². The van der Waals surface area contributed by atoms with Crippen molar-refractivity contribution in [2.24, 2.45) is 5.73 Å². The van der Waals surface area contributed by atoms with Gasteiger partial charge in [0.2, 0.25) is 0 Å². The van der Waals surface area contributed by atoms with Crippen molar-refractivity contribution in [1.29, 1.82) is 0 Å². The van der Waals surface area contributed by atoms with Crippen LogP contribution in [-0.2, 0) is 0 Å². The summed E-state index contributed by atoms with van der Waals surface area (Å²) in [5.41, 5.74) is 8.95. The molecule has 1 amide bonds. The predicted molar refractivity (Wildman–Crippen MR) is 98.2 cm³/mol. The molecule has 7 heteroatoms. The Kier molecular flexibility index (Phi) is 5.02. The summed E-state index contributed by atoms with van der Waals surface area (Å²) in [5, 5.41) is 4.97. The van der Waals surface area contributed by atoms with Crippen LogP contribution in [0.3, 0.4) is 0 Å². The van der Waals surface area contributed by atoms with Gasteiger partial charge in [-0.15, -0.1) is 12.4 Å². The summed E-state index contributed by atoms with van der Waals surface area (Å²) in [6, 6.07) is 2.18. The smallest absolute Gasteiger partial charge is 0.259 e. The third-order valence-corrected chi connectivity index (χ3v) is 5.09. The molecule has 2 N–H and O–H groups in total. The number of aromatic nitrogens is 2. The monoisotopic (exact) mass is 364 g/mol. The fourth-order valence-corrected chi connectivity index (χ4v) is 3.42. The third kappa shape index (κ3) is 3.37. The van der Waals surface area contributed by atoms with E-state index in [4.69, 9.17) is 10.3 Å². The highest BCUT2D eigenvalue weighted by Crippen LogP contribution is 2.41. The van der Waals surface area contributed by atoms with Crippen molar-refractivity contribution in [3.05, 3.63) is 23.0 Å². The van der Waals surface area contributed by atoms with E-state index in [9.17, 15) is 4.79 Å². The van der Waals surface area contributed by atoms with E-state index in [2.05, 4.69) is 24.0 Å². The van der Waals surface area contributed by atoms with Crippen LogP contribution >= 0.6 is 12.4 Å². The van der Waals surface area contributed by atoms with Crippen molar-refractivity contribution >= 4 is 29.4 Å². The summed E-state index contributed by atoms with van der Waals surface area (Å²) in [6.45, 7) is 5.54. The Morgan fingerprint density at radius 3 is 2.56 bits per heavy atom. The molecule has 0 bridgehead atoms. The fourth-order valence-electron chi connectivity index (χ4n) is 3.42. The Labute approximate surface area is 153 Å². The van der Waals surface area contributed by atoms with Crippen LogP contribution in [0.1, 0.15) is 73.1 Å². The predicted octanol–water partition coefficient (Wildman–Crippen LogP) is 3.21. The van der Waals surface area contributed by atoms with Crippen molar-refractivity contribution in [2.75, 3.05) is 13.1 Å². The summed E-state index contributed by atoms with van der Waals surface area (Å²) < 4.78 is 5.47. The lowest BCUT2D eigenvalue weighted by Gasteiger charge is -2.30. The maximum Gasteiger partial charge on any atom is 0.259 e. The second-order valence-corrected chi connectivity index (χ2v) is 7.40. The lowest BCUT2D eigenvalue weighted by atomic mass is 9.99. The summed E-state index contributed by atoms with van der Waals surface area (Å²) in [6.07, 6.45) is 3.98. The number of nitrogens with zero attached hydrogens (tertiary/aromatic N) is 3. The van der Waals surface area contributed by atoms with Gasteiger partial charge in [-0.3, -0.25) is 4.79 Å². The number of fused-ring (bicyclic) bond motifs is 1. The normalized spacial score (nSPS) is 18.6. The standard InChI is InChI=1S/C18H24N4O2.ClH/c1-10(2)16-15-13(18(23)22-7-5-12(19)6-8-22)9-14(11-3-4-11)20-17(15)24-21-16;/h9-12H,3-8,19H2,1-2H3;1H. The van der Waals surface area contributed by atoms with Crippen LogP contribution in [0.5, 0.6) is 0 Å². The molecule has 25 heavy (non-hydrogen) atoms. The van der Waals surface area contributed by atoms with Gasteiger partial charge in [0.05, 0.1) is 16.6 Å². The second kappa shape index (κ2) is 6.92. The van der Waals surface area contributed by atoms with Crippen molar-refractivity contribution in [3.8, 4) is 0 Å². The third-order valence-electron chi connectivity index (χ3n) is 5.09. The second-order valence-electron chi connectivity index (χ2n) is 7.40. The summed E-state index contributed by atoms with van der Waals surface area (Å²) in [7, 11) is 0. The molecule has 0 unspecified atom stereocenters. The molecule has 2 aromatic rings. The van der Waals surface area contributed by atoms with E-state index >= 15 is 0 Å². The van der Waals surface area contributed by atoms with Crippen LogP contribution in [0, 0.1) is 0 Å². The van der Waals surface area contributed by atoms with Gasteiger partial charge >= 0.3 is 0 Å². The quantitative estimate of drug-likeness (QED) is 0.903. The van der Waals surface area contributed by atoms with Gasteiger partial charge < -0.3 is 15.2 Å². The molecule has 6 nitrogen and oxygen atoms in total. The number of rotatable bonds is 3. The van der Waals surface area contributed by atoms with Gasteiger partial charge in [-0.05, 0) is 37.7 Å². The topological polar surface area (TPSA) is 85.2 Å². The maximum atomic E-state index is 13.2. The van der Waals surface area contributed by atoms with E-state index in [0.717, 1.165) is 42.5 Å². The van der Waals surface area contributed by atoms with Gasteiger partial charge in [-0.2, -0.15) is 0 Å². The van der Waals surface area contributed by atoms with Crippen molar-refractivity contribution in [2.45, 2.75) is 57.4 Å².